The van der Waals surface area contributed by atoms with Crippen LogP contribution in [0.4, 0.5) is 5.82 Å². The molecule has 3 nitrogen and oxygen atoms in total. The van der Waals surface area contributed by atoms with Crippen LogP contribution in [0.1, 0.15) is 16.7 Å². The number of anilines is 1. The van der Waals surface area contributed by atoms with E-state index in [1.54, 1.807) is 0 Å². The fourth-order valence-electron chi connectivity index (χ4n) is 2.82. The Hall–Kier alpha value is -2.65. The molecule has 122 valence electrons. The SMILES string of the molecule is CNc1cc(CN(Cc2ccccc2)Cc2ccccc2)ccn1. The quantitative estimate of drug-likeness (QED) is 0.703. The van der Waals surface area contributed by atoms with E-state index < -0.39 is 0 Å². The van der Waals surface area contributed by atoms with Gasteiger partial charge in [-0.1, -0.05) is 60.7 Å². The number of aromatic nitrogens is 1. The number of pyridine rings is 1. The largest absolute Gasteiger partial charge is 0.373 e. The van der Waals surface area contributed by atoms with Crippen molar-refractivity contribution >= 4 is 5.82 Å². The minimum atomic E-state index is 0.890. The second kappa shape index (κ2) is 8.27. The molecule has 1 aromatic heterocycles. The van der Waals surface area contributed by atoms with Crippen LogP contribution in [-0.2, 0) is 19.6 Å². The Kier molecular flexibility index (Phi) is 5.59. The number of hydrogen-bond acceptors (Lipinski definition) is 3. The zero-order valence-corrected chi connectivity index (χ0v) is 14.0. The van der Waals surface area contributed by atoms with Gasteiger partial charge in [0.2, 0.25) is 0 Å². The molecule has 3 heteroatoms. The van der Waals surface area contributed by atoms with Gasteiger partial charge in [0.15, 0.2) is 0 Å². The molecule has 0 radical (unpaired) electrons. The van der Waals surface area contributed by atoms with Crippen molar-refractivity contribution in [2.75, 3.05) is 12.4 Å². The van der Waals surface area contributed by atoms with Crippen molar-refractivity contribution in [2.45, 2.75) is 19.6 Å². The highest BCUT2D eigenvalue weighted by molar-refractivity contribution is 5.36. The van der Waals surface area contributed by atoms with Gasteiger partial charge in [-0.3, -0.25) is 4.90 Å². The average molecular weight is 317 g/mol. The van der Waals surface area contributed by atoms with E-state index in [4.69, 9.17) is 0 Å². The predicted molar refractivity (Wildman–Crippen MR) is 99.6 cm³/mol. The average Bonchev–Trinajstić information content (AvgIpc) is 2.63. The van der Waals surface area contributed by atoms with Crippen molar-refractivity contribution in [3.05, 3.63) is 95.7 Å². The third kappa shape index (κ3) is 4.67. The Balaban J connectivity index is 1.78. The second-order valence-corrected chi connectivity index (χ2v) is 5.92. The Morgan fingerprint density at radius 1 is 0.750 bits per heavy atom. The van der Waals surface area contributed by atoms with Gasteiger partial charge in [-0.15, -0.1) is 0 Å². The van der Waals surface area contributed by atoms with Crippen molar-refractivity contribution in [3.8, 4) is 0 Å². The molecule has 1 heterocycles. The summed E-state index contributed by atoms with van der Waals surface area (Å²) in [6.45, 7) is 2.74. The molecular weight excluding hydrogens is 294 g/mol. The highest BCUT2D eigenvalue weighted by Crippen LogP contribution is 2.15. The minimum absolute atomic E-state index is 0.890. The first kappa shape index (κ1) is 16.2. The molecule has 0 aliphatic rings. The van der Waals surface area contributed by atoms with Crippen LogP contribution in [0.2, 0.25) is 0 Å². The first-order valence-electron chi connectivity index (χ1n) is 8.26. The standard InChI is InChI=1S/C21H23N3/c1-22-21-14-20(12-13-23-21)17-24(15-18-8-4-2-5-9-18)16-19-10-6-3-7-11-19/h2-14H,15-17H2,1H3,(H,22,23). The lowest BCUT2D eigenvalue weighted by atomic mass is 10.1. The molecule has 0 atom stereocenters. The monoisotopic (exact) mass is 317 g/mol. The van der Waals surface area contributed by atoms with Crippen LogP contribution < -0.4 is 5.32 Å². The lowest BCUT2D eigenvalue weighted by Gasteiger charge is -2.23. The summed E-state index contributed by atoms with van der Waals surface area (Å²) >= 11 is 0. The number of nitrogens with zero attached hydrogens (tertiary/aromatic N) is 2. The molecular formula is C21H23N3. The fourth-order valence-corrected chi connectivity index (χ4v) is 2.82. The van der Waals surface area contributed by atoms with E-state index in [9.17, 15) is 0 Å². The van der Waals surface area contributed by atoms with Crippen molar-refractivity contribution < 1.29 is 0 Å². The van der Waals surface area contributed by atoms with Gasteiger partial charge in [-0.2, -0.15) is 0 Å². The fraction of sp³-hybridized carbons (Fsp3) is 0.190. The van der Waals surface area contributed by atoms with E-state index >= 15 is 0 Å². The highest BCUT2D eigenvalue weighted by Gasteiger charge is 2.09. The van der Waals surface area contributed by atoms with E-state index in [-0.39, 0.29) is 0 Å². The molecule has 0 saturated heterocycles. The maximum Gasteiger partial charge on any atom is 0.125 e. The normalized spacial score (nSPS) is 10.8. The molecule has 0 amide bonds. The van der Waals surface area contributed by atoms with Crippen LogP contribution in [0.25, 0.3) is 0 Å². The molecule has 0 aliphatic heterocycles. The van der Waals surface area contributed by atoms with Crippen molar-refractivity contribution in [1.29, 1.82) is 0 Å². The van der Waals surface area contributed by atoms with E-state index in [0.29, 0.717) is 0 Å². The zero-order chi connectivity index (χ0) is 16.6. The molecule has 1 N–H and O–H groups in total. The van der Waals surface area contributed by atoms with Crippen LogP contribution in [0.3, 0.4) is 0 Å². The third-order valence-corrected chi connectivity index (χ3v) is 3.98. The molecule has 0 aliphatic carbocycles. The van der Waals surface area contributed by atoms with Gasteiger partial charge < -0.3 is 5.32 Å². The molecule has 0 bridgehead atoms. The van der Waals surface area contributed by atoms with Gasteiger partial charge in [-0.05, 0) is 28.8 Å². The van der Waals surface area contributed by atoms with Crippen LogP contribution in [0.5, 0.6) is 0 Å². The van der Waals surface area contributed by atoms with E-state index in [1.165, 1.54) is 16.7 Å². The highest BCUT2D eigenvalue weighted by atomic mass is 15.1. The van der Waals surface area contributed by atoms with Crippen LogP contribution in [-0.4, -0.2) is 16.9 Å². The number of hydrogen-bond donors (Lipinski definition) is 1. The third-order valence-electron chi connectivity index (χ3n) is 3.98. The first-order valence-corrected chi connectivity index (χ1v) is 8.26. The molecule has 2 aromatic carbocycles. The molecule has 3 aromatic rings. The first-order chi connectivity index (χ1) is 11.8. The lowest BCUT2D eigenvalue weighted by Crippen LogP contribution is -2.22. The minimum Gasteiger partial charge on any atom is -0.373 e. The molecule has 0 fully saturated rings. The van der Waals surface area contributed by atoms with Crippen LogP contribution in [0, 0.1) is 0 Å². The molecule has 0 saturated carbocycles. The molecule has 3 rings (SSSR count). The summed E-state index contributed by atoms with van der Waals surface area (Å²) in [5.74, 6) is 0.909. The summed E-state index contributed by atoms with van der Waals surface area (Å²) in [6, 6.07) is 25.5. The van der Waals surface area contributed by atoms with E-state index in [0.717, 1.165) is 25.5 Å². The molecule has 0 spiro atoms. The number of rotatable bonds is 7. The van der Waals surface area contributed by atoms with Gasteiger partial charge in [0.25, 0.3) is 0 Å². The lowest BCUT2D eigenvalue weighted by molar-refractivity contribution is 0.247. The topological polar surface area (TPSA) is 28.2 Å². The Bertz CT molecular complexity index is 700. The van der Waals surface area contributed by atoms with Gasteiger partial charge >= 0.3 is 0 Å². The van der Waals surface area contributed by atoms with Crippen LogP contribution >= 0.6 is 0 Å². The van der Waals surface area contributed by atoms with E-state index in [2.05, 4.69) is 88.0 Å². The Morgan fingerprint density at radius 2 is 1.29 bits per heavy atom. The van der Waals surface area contributed by atoms with Gasteiger partial charge in [0.1, 0.15) is 5.82 Å². The second-order valence-electron chi connectivity index (χ2n) is 5.92. The summed E-state index contributed by atoms with van der Waals surface area (Å²) in [4.78, 5) is 6.76. The van der Waals surface area contributed by atoms with E-state index in [1.807, 2.05) is 13.2 Å². The summed E-state index contributed by atoms with van der Waals surface area (Å²) in [5.41, 5.74) is 3.92. The van der Waals surface area contributed by atoms with Crippen LogP contribution in [0.15, 0.2) is 79.0 Å². The summed E-state index contributed by atoms with van der Waals surface area (Å²) in [6.07, 6.45) is 1.87. The Labute approximate surface area is 144 Å². The number of benzene rings is 2. The zero-order valence-electron chi connectivity index (χ0n) is 14.0. The summed E-state index contributed by atoms with van der Waals surface area (Å²) < 4.78 is 0. The number of nitrogens with one attached hydrogen (secondary N) is 1. The maximum absolute atomic E-state index is 4.30. The Morgan fingerprint density at radius 3 is 1.83 bits per heavy atom. The maximum atomic E-state index is 4.30. The van der Waals surface area contributed by atoms with Crippen molar-refractivity contribution in [3.63, 3.8) is 0 Å². The van der Waals surface area contributed by atoms with Gasteiger partial charge in [0, 0.05) is 32.9 Å². The predicted octanol–water partition coefficient (Wildman–Crippen LogP) is 4.33. The smallest absolute Gasteiger partial charge is 0.125 e. The van der Waals surface area contributed by atoms with Gasteiger partial charge in [-0.25, -0.2) is 4.98 Å². The molecule has 0 unspecified atom stereocenters. The van der Waals surface area contributed by atoms with Gasteiger partial charge in [0.05, 0.1) is 0 Å². The van der Waals surface area contributed by atoms with Crippen molar-refractivity contribution in [1.82, 2.24) is 9.88 Å². The summed E-state index contributed by atoms with van der Waals surface area (Å²) in [5, 5.41) is 3.11. The summed E-state index contributed by atoms with van der Waals surface area (Å²) in [7, 11) is 1.90. The van der Waals surface area contributed by atoms with Crippen molar-refractivity contribution in [2.24, 2.45) is 0 Å². The molecule has 24 heavy (non-hydrogen) atoms.